The first-order valence-corrected chi connectivity index (χ1v) is 6.23. The van der Waals surface area contributed by atoms with Crippen molar-refractivity contribution in [2.45, 2.75) is 45.4 Å². The Morgan fingerprint density at radius 3 is 2.25 bits per heavy atom. The molecule has 0 aliphatic carbocycles. The van der Waals surface area contributed by atoms with E-state index in [4.69, 9.17) is 0 Å². The summed E-state index contributed by atoms with van der Waals surface area (Å²) in [6, 6.07) is 0. The van der Waals surface area contributed by atoms with E-state index >= 15 is 0 Å². The minimum Gasteiger partial charge on any atom is -0.237 e. The zero-order valence-corrected chi connectivity index (χ0v) is 9.00. The Morgan fingerprint density at radius 1 is 0.917 bits per heavy atom. The fourth-order valence-electron chi connectivity index (χ4n) is 1.01. The van der Waals surface area contributed by atoms with Gasteiger partial charge in [-0.3, -0.25) is 0 Å². The molecule has 12 heavy (non-hydrogen) atoms. The Bertz CT molecular complexity index is 66.2. The van der Waals surface area contributed by atoms with Gasteiger partial charge in [0, 0.05) is 0 Å². The lowest BCUT2D eigenvalue weighted by Crippen LogP contribution is -1.86. The summed E-state index contributed by atoms with van der Waals surface area (Å²) in [7, 11) is 0. The first-order chi connectivity index (χ1) is 5.91. The van der Waals surface area contributed by atoms with Crippen molar-refractivity contribution in [3.05, 3.63) is 0 Å². The highest BCUT2D eigenvalue weighted by atomic mass is 32.2. The zero-order chi connectivity index (χ0) is 9.07. The third kappa shape index (κ3) is 10.3. The van der Waals surface area contributed by atoms with E-state index in [1.807, 2.05) is 0 Å². The lowest BCUT2D eigenvalue weighted by atomic mass is 10.2. The van der Waals surface area contributed by atoms with Gasteiger partial charge in [0.25, 0.3) is 0 Å². The second kappa shape index (κ2) is 11.3. The van der Waals surface area contributed by atoms with Gasteiger partial charge in [-0.1, -0.05) is 26.2 Å². The normalized spacial score (nSPS) is 10.5. The monoisotopic (exact) mass is 189 g/mol. The van der Waals surface area contributed by atoms with Gasteiger partial charge in [0.2, 0.25) is 0 Å². The van der Waals surface area contributed by atoms with E-state index in [-0.39, 0.29) is 6.61 Å². The summed E-state index contributed by atoms with van der Waals surface area (Å²) in [6.07, 6.45) is 7.22. The summed E-state index contributed by atoms with van der Waals surface area (Å²) in [6.45, 7) is 2.35. The fourth-order valence-corrected chi connectivity index (χ4v) is 2.11. The van der Waals surface area contributed by atoms with Crippen LogP contribution in [0.1, 0.15) is 45.4 Å². The fraction of sp³-hybridized carbons (Fsp3) is 1.00. The molecule has 1 radical (unpaired) electrons. The standard InChI is InChI=1S/C10H21OS/c1-2-3-9-12-10-7-5-4-6-8-11/h2-10H2,1H3. The summed E-state index contributed by atoms with van der Waals surface area (Å²) in [4.78, 5) is 0. The van der Waals surface area contributed by atoms with Gasteiger partial charge in [-0.2, -0.15) is 11.8 Å². The van der Waals surface area contributed by atoms with E-state index in [1.54, 1.807) is 0 Å². The Hall–Kier alpha value is 0.310. The molecule has 0 aromatic rings. The average molecular weight is 189 g/mol. The van der Waals surface area contributed by atoms with Crippen molar-refractivity contribution >= 4 is 11.8 Å². The molecule has 0 fully saturated rings. The lowest BCUT2D eigenvalue weighted by molar-refractivity contribution is 0.186. The van der Waals surface area contributed by atoms with Crippen molar-refractivity contribution in [3.8, 4) is 0 Å². The van der Waals surface area contributed by atoms with E-state index in [9.17, 15) is 5.11 Å². The van der Waals surface area contributed by atoms with Crippen LogP contribution in [0.4, 0.5) is 0 Å². The highest BCUT2D eigenvalue weighted by Gasteiger charge is 1.90. The van der Waals surface area contributed by atoms with Crippen molar-refractivity contribution in [2.75, 3.05) is 18.1 Å². The van der Waals surface area contributed by atoms with E-state index < -0.39 is 0 Å². The summed E-state index contributed by atoms with van der Waals surface area (Å²) < 4.78 is 0. The van der Waals surface area contributed by atoms with Crippen LogP contribution in [0.3, 0.4) is 0 Å². The van der Waals surface area contributed by atoms with Gasteiger partial charge < -0.3 is 0 Å². The first kappa shape index (κ1) is 12.3. The van der Waals surface area contributed by atoms with E-state index in [0.29, 0.717) is 0 Å². The van der Waals surface area contributed by atoms with Crippen molar-refractivity contribution in [1.82, 2.24) is 0 Å². The molecule has 0 N–H and O–H groups in total. The quantitative estimate of drug-likeness (QED) is 0.508. The van der Waals surface area contributed by atoms with E-state index in [2.05, 4.69) is 18.7 Å². The predicted octanol–water partition coefficient (Wildman–Crippen LogP) is 3.51. The maximum absolute atomic E-state index is 10.1. The molecule has 0 aliphatic heterocycles. The van der Waals surface area contributed by atoms with Crippen LogP contribution >= 0.6 is 11.8 Å². The van der Waals surface area contributed by atoms with Gasteiger partial charge in [-0.05, 0) is 30.8 Å². The maximum Gasteiger partial charge on any atom is 0.0822 e. The van der Waals surface area contributed by atoms with Crippen LogP contribution in [-0.2, 0) is 5.11 Å². The highest BCUT2D eigenvalue weighted by Crippen LogP contribution is 2.09. The molecule has 0 saturated heterocycles. The molecule has 0 rings (SSSR count). The number of unbranched alkanes of at least 4 members (excludes halogenated alkanes) is 4. The van der Waals surface area contributed by atoms with Gasteiger partial charge in [0.1, 0.15) is 0 Å². The minimum absolute atomic E-state index is 0.114. The smallest absolute Gasteiger partial charge is 0.0822 e. The van der Waals surface area contributed by atoms with Crippen LogP contribution in [0.5, 0.6) is 0 Å². The predicted molar refractivity (Wildman–Crippen MR) is 56.3 cm³/mol. The third-order valence-electron chi connectivity index (χ3n) is 1.83. The molecule has 0 atom stereocenters. The lowest BCUT2D eigenvalue weighted by Gasteiger charge is -1.99. The second-order valence-corrected chi connectivity index (χ2v) is 4.31. The molecule has 0 aliphatic rings. The topological polar surface area (TPSA) is 19.9 Å². The Kier molecular flexibility index (Phi) is 11.6. The molecule has 0 saturated carbocycles. The molecular formula is C10H21OS. The number of hydrogen-bond acceptors (Lipinski definition) is 1. The van der Waals surface area contributed by atoms with Gasteiger partial charge in [0.15, 0.2) is 0 Å². The van der Waals surface area contributed by atoms with Crippen molar-refractivity contribution in [1.29, 1.82) is 0 Å². The molecule has 0 unspecified atom stereocenters. The van der Waals surface area contributed by atoms with E-state index in [0.717, 1.165) is 12.8 Å². The molecule has 0 aromatic carbocycles. The summed E-state index contributed by atoms with van der Waals surface area (Å²) >= 11 is 2.06. The maximum atomic E-state index is 10.1. The summed E-state index contributed by atoms with van der Waals surface area (Å²) in [5.41, 5.74) is 0. The average Bonchev–Trinajstić information content (AvgIpc) is 2.10. The Balaban J connectivity index is 2.73. The van der Waals surface area contributed by atoms with Crippen LogP contribution in [0.15, 0.2) is 0 Å². The SMILES string of the molecule is CCCCSCCCCCC[O]. The molecule has 0 bridgehead atoms. The summed E-state index contributed by atoms with van der Waals surface area (Å²) in [5, 5.41) is 10.1. The molecular weight excluding hydrogens is 168 g/mol. The van der Waals surface area contributed by atoms with Crippen LogP contribution in [0.25, 0.3) is 0 Å². The molecule has 0 heterocycles. The molecule has 0 amide bonds. The van der Waals surface area contributed by atoms with Crippen molar-refractivity contribution < 1.29 is 5.11 Å². The van der Waals surface area contributed by atoms with Crippen LogP contribution < -0.4 is 0 Å². The van der Waals surface area contributed by atoms with Crippen LogP contribution in [0, 0.1) is 0 Å². The molecule has 1 nitrogen and oxygen atoms in total. The largest absolute Gasteiger partial charge is 0.237 e. The first-order valence-electron chi connectivity index (χ1n) is 5.07. The molecule has 73 valence electrons. The number of rotatable bonds is 9. The van der Waals surface area contributed by atoms with Gasteiger partial charge in [-0.25, -0.2) is 5.11 Å². The van der Waals surface area contributed by atoms with Gasteiger partial charge in [0.05, 0.1) is 6.61 Å². The van der Waals surface area contributed by atoms with Crippen molar-refractivity contribution in [3.63, 3.8) is 0 Å². The minimum atomic E-state index is 0.114. The van der Waals surface area contributed by atoms with Crippen molar-refractivity contribution in [2.24, 2.45) is 0 Å². The molecule has 0 spiro atoms. The van der Waals surface area contributed by atoms with Crippen LogP contribution in [-0.4, -0.2) is 18.1 Å². The zero-order valence-electron chi connectivity index (χ0n) is 8.18. The number of thioether (sulfide) groups is 1. The highest BCUT2D eigenvalue weighted by molar-refractivity contribution is 7.99. The Labute approximate surface area is 80.9 Å². The third-order valence-corrected chi connectivity index (χ3v) is 2.98. The second-order valence-electron chi connectivity index (χ2n) is 3.08. The van der Waals surface area contributed by atoms with Gasteiger partial charge >= 0.3 is 0 Å². The van der Waals surface area contributed by atoms with Crippen LogP contribution in [0.2, 0.25) is 0 Å². The Morgan fingerprint density at radius 2 is 1.58 bits per heavy atom. The van der Waals surface area contributed by atoms with Gasteiger partial charge in [-0.15, -0.1) is 0 Å². The van der Waals surface area contributed by atoms with E-state index in [1.165, 1.54) is 37.2 Å². The molecule has 2 heteroatoms. The molecule has 0 aromatic heterocycles. The number of hydrogen-bond donors (Lipinski definition) is 0. The summed E-state index contributed by atoms with van der Waals surface area (Å²) in [5.74, 6) is 2.61.